The zero-order valence-corrected chi connectivity index (χ0v) is 7.63. The molecule has 0 heterocycles. The second-order valence-corrected chi connectivity index (χ2v) is 2.80. The Morgan fingerprint density at radius 2 is 2.00 bits per heavy atom. The summed E-state index contributed by atoms with van der Waals surface area (Å²) in [6.07, 6.45) is 5.21. The zero-order chi connectivity index (χ0) is 9.68. The minimum atomic E-state index is -0.340. The molecular weight excluding hydrogens is 165 g/mol. The van der Waals surface area contributed by atoms with Crippen LogP contribution in [0.15, 0.2) is 24.3 Å². The minimum absolute atomic E-state index is 0.340. The van der Waals surface area contributed by atoms with Crippen LogP contribution in [-0.2, 0) is 0 Å². The van der Waals surface area contributed by atoms with Crippen LogP contribution in [0.1, 0.15) is 5.56 Å². The quantitative estimate of drug-likeness (QED) is 0.639. The highest BCUT2D eigenvalue weighted by Gasteiger charge is 1.98. The second-order valence-electron chi connectivity index (χ2n) is 2.80. The van der Waals surface area contributed by atoms with E-state index in [1.807, 2.05) is 36.2 Å². The van der Waals surface area contributed by atoms with Crippen molar-refractivity contribution in [1.82, 2.24) is 0 Å². The van der Waals surface area contributed by atoms with E-state index in [0.29, 0.717) is 6.54 Å². The topological polar surface area (TPSA) is 3.24 Å². The number of nitrogens with zero attached hydrogens (tertiary/aromatic N) is 1. The molecule has 1 nitrogen and oxygen atoms in total. The highest BCUT2D eigenvalue weighted by atomic mass is 19.1. The summed E-state index contributed by atoms with van der Waals surface area (Å²) in [5, 5.41) is 0. The van der Waals surface area contributed by atoms with Gasteiger partial charge in [0.2, 0.25) is 0 Å². The maximum absolute atomic E-state index is 12.0. The predicted octanol–water partition coefficient (Wildman–Crippen LogP) is 2.07. The summed E-state index contributed by atoms with van der Waals surface area (Å²) in [7, 11) is 1.85. The molecule has 13 heavy (non-hydrogen) atoms. The van der Waals surface area contributed by atoms with Gasteiger partial charge in [0, 0.05) is 24.8 Å². The number of anilines is 1. The van der Waals surface area contributed by atoms with Gasteiger partial charge >= 0.3 is 0 Å². The molecular formula is C11H12FN. The first-order valence-electron chi connectivity index (χ1n) is 4.11. The molecule has 0 aliphatic heterocycles. The molecule has 1 aromatic rings. The van der Waals surface area contributed by atoms with Gasteiger partial charge < -0.3 is 4.90 Å². The van der Waals surface area contributed by atoms with E-state index in [4.69, 9.17) is 6.42 Å². The second kappa shape index (κ2) is 4.51. The standard InChI is InChI=1S/C11H12FN/c1-3-10-4-6-11(7-5-10)13(2)9-8-12/h1,4-7H,8-9H2,2H3. The highest BCUT2D eigenvalue weighted by molar-refractivity contribution is 5.49. The summed E-state index contributed by atoms with van der Waals surface area (Å²) in [5.74, 6) is 2.53. The van der Waals surface area contributed by atoms with Crippen molar-refractivity contribution in [2.45, 2.75) is 0 Å². The van der Waals surface area contributed by atoms with Gasteiger partial charge in [0.1, 0.15) is 6.67 Å². The molecule has 0 N–H and O–H groups in total. The smallest absolute Gasteiger partial charge is 0.107 e. The van der Waals surface area contributed by atoms with Gasteiger partial charge in [0.05, 0.1) is 0 Å². The molecule has 0 unspecified atom stereocenters. The lowest BCUT2D eigenvalue weighted by atomic mass is 10.2. The molecule has 0 aromatic heterocycles. The van der Waals surface area contributed by atoms with Crippen LogP contribution in [0.4, 0.5) is 10.1 Å². The normalized spacial score (nSPS) is 9.31. The Bertz CT molecular complexity index is 297. The molecule has 0 bridgehead atoms. The summed E-state index contributed by atoms with van der Waals surface area (Å²) < 4.78 is 12.0. The first kappa shape index (κ1) is 9.60. The third-order valence-electron chi connectivity index (χ3n) is 1.89. The molecule has 0 amide bonds. The van der Waals surface area contributed by atoms with Crippen molar-refractivity contribution in [2.24, 2.45) is 0 Å². The van der Waals surface area contributed by atoms with E-state index < -0.39 is 0 Å². The molecule has 0 radical (unpaired) electrons. The van der Waals surface area contributed by atoms with Crippen LogP contribution in [0.3, 0.4) is 0 Å². The fraction of sp³-hybridized carbons (Fsp3) is 0.273. The average Bonchev–Trinajstić information content (AvgIpc) is 2.18. The molecule has 0 atom stereocenters. The van der Waals surface area contributed by atoms with Crippen molar-refractivity contribution in [3.8, 4) is 12.3 Å². The number of benzene rings is 1. The van der Waals surface area contributed by atoms with Gasteiger partial charge in [0.25, 0.3) is 0 Å². The van der Waals surface area contributed by atoms with Gasteiger partial charge in [-0.1, -0.05) is 5.92 Å². The molecule has 0 saturated carbocycles. The third-order valence-corrected chi connectivity index (χ3v) is 1.89. The number of terminal acetylenes is 1. The van der Waals surface area contributed by atoms with Crippen molar-refractivity contribution in [3.63, 3.8) is 0 Å². The molecule has 1 aromatic carbocycles. The van der Waals surface area contributed by atoms with Crippen molar-refractivity contribution in [2.75, 3.05) is 25.2 Å². The van der Waals surface area contributed by atoms with Gasteiger partial charge in [-0.3, -0.25) is 0 Å². The van der Waals surface area contributed by atoms with Crippen molar-refractivity contribution in [3.05, 3.63) is 29.8 Å². The van der Waals surface area contributed by atoms with Gasteiger partial charge in [-0.2, -0.15) is 0 Å². The van der Waals surface area contributed by atoms with E-state index in [9.17, 15) is 4.39 Å². The summed E-state index contributed by atoms with van der Waals surface area (Å²) >= 11 is 0. The Hall–Kier alpha value is -1.49. The Morgan fingerprint density at radius 3 is 2.46 bits per heavy atom. The SMILES string of the molecule is C#Cc1ccc(N(C)CCF)cc1. The van der Waals surface area contributed by atoms with E-state index in [1.165, 1.54) is 0 Å². The lowest BCUT2D eigenvalue weighted by Gasteiger charge is -2.16. The van der Waals surface area contributed by atoms with E-state index in [0.717, 1.165) is 11.3 Å². The number of hydrogen-bond donors (Lipinski definition) is 0. The number of alkyl halides is 1. The van der Waals surface area contributed by atoms with E-state index in [1.54, 1.807) is 0 Å². The van der Waals surface area contributed by atoms with Gasteiger partial charge in [-0.25, -0.2) is 4.39 Å². The molecule has 0 aliphatic carbocycles. The maximum Gasteiger partial charge on any atom is 0.107 e. The highest BCUT2D eigenvalue weighted by Crippen LogP contribution is 2.12. The number of rotatable bonds is 3. The zero-order valence-electron chi connectivity index (χ0n) is 7.63. The summed E-state index contributed by atoms with van der Waals surface area (Å²) in [6, 6.07) is 7.49. The van der Waals surface area contributed by atoms with Crippen molar-refractivity contribution < 1.29 is 4.39 Å². The summed E-state index contributed by atoms with van der Waals surface area (Å²) in [6.45, 7) is 0.0722. The number of hydrogen-bond acceptors (Lipinski definition) is 1. The van der Waals surface area contributed by atoms with Crippen LogP contribution < -0.4 is 4.90 Å². The van der Waals surface area contributed by atoms with Crippen molar-refractivity contribution >= 4 is 5.69 Å². The monoisotopic (exact) mass is 177 g/mol. The Morgan fingerprint density at radius 1 is 1.38 bits per heavy atom. The Kier molecular flexibility index (Phi) is 3.33. The lowest BCUT2D eigenvalue weighted by Crippen LogP contribution is -2.19. The Balaban J connectivity index is 2.75. The molecule has 0 aliphatic rings. The van der Waals surface area contributed by atoms with Crippen LogP contribution in [0, 0.1) is 12.3 Å². The predicted molar refractivity (Wildman–Crippen MR) is 53.6 cm³/mol. The molecule has 1 rings (SSSR count). The lowest BCUT2D eigenvalue weighted by molar-refractivity contribution is 0.497. The fourth-order valence-corrected chi connectivity index (χ4v) is 1.07. The van der Waals surface area contributed by atoms with Crippen LogP contribution >= 0.6 is 0 Å². The molecule has 2 heteroatoms. The van der Waals surface area contributed by atoms with Crippen LogP contribution in [-0.4, -0.2) is 20.3 Å². The van der Waals surface area contributed by atoms with Crippen LogP contribution in [0.2, 0.25) is 0 Å². The first-order chi connectivity index (χ1) is 6.27. The Labute approximate surface area is 78.2 Å². The molecule has 0 saturated heterocycles. The van der Waals surface area contributed by atoms with E-state index >= 15 is 0 Å². The van der Waals surface area contributed by atoms with E-state index in [-0.39, 0.29) is 6.67 Å². The van der Waals surface area contributed by atoms with Gasteiger partial charge in [0.15, 0.2) is 0 Å². The summed E-state index contributed by atoms with van der Waals surface area (Å²) in [5.41, 5.74) is 1.83. The molecule has 68 valence electrons. The molecule has 0 fully saturated rings. The van der Waals surface area contributed by atoms with Crippen LogP contribution in [0.25, 0.3) is 0 Å². The number of halogens is 1. The average molecular weight is 177 g/mol. The summed E-state index contributed by atoms with van der Waals surface area (Å²) in [4.78, 5) is 1.85. The van der Waals surface area contributed by atoms with Gasteiger partial charge in [-0.15, -0.1) is 6.42 Å². The maximum atomic E-state index is 12.0. The minimum Gasteiger partial charge on any atom is -0.372 e. The first-order valence-corrected chi connectivity index (χ1v) is 4.11. The molecule has 0 spiro atoms. The van der Waals surface area contributed by atoms with Crippen LogP contribution in [0.5, 0.6) is 0 Å². The fourth-order valence-electron chi connectivity index (χ4n) is 1.07. The third kappa shape index (κ3) is 2.48. The van der Waals surface area contributed by atoms with Gasteiger partial charge in [-0.05, 0) is 24.3 Å². The largest absolute Gasteiger partial charge is 0.372 e. The van der Waals surface area contributed by atoms with E-state index in [2.05, 4.69) is 5.92 Å². The van der Waals surface area contributed by atoms with Crippen molar-refractivity contribution in [1.29, 1.82) is 0 Å².